The largest absolute Gasteiger partial charge is 0.399 e. The fourth-order valence-corrected chi connectivity index (χ4v) is 2.11. The van der Waals surface area contributed by atoms with Crippen LogP contribution in [-0.4, -0.2) is 50.4 Å². The normalized spacial score (nSPS) is 13.7. The number of rotatable bonds is 5. The molecule has 0 unspecified atom stereocenters. The Morgan fingerprint density at radius 3 is 2.52 bits per heavy atom. The second kappa shape index (κ2) is 6.03. The Morgan fingerprint density at radius 1 is 1.29 bits per heavy atom. The highest BCUT2D eigenvalue weighted by Gasteiger charge is 2.25. The molecule has 2 rings (SSSR count). The maximum Gasteiger partial charge on any atom is 0.256 e. The van der Waals surface area contributed by atoms with Gasteiger partial charge in [0, 0.05) is 38.6 Å². The zero-order valence-corrected chi connectivity index (χ0v) is 12.7. The molecule has 6 nitrogen and oxygen atoms in total. The van der Waals surface area contributed by atoms with E-state index in [1.807, 2.05) is 19.0 Å². The minimum absolute atomic E-state index is 0.0526. The maximum atomic E-state index is 12.5. The van der Waals surface area contributed by atoms with Crippen LogP contribution >= 0.6 is 0 Å². The molecule has 0 radical (unpaired) electrons. The van der Waals surface area contributed by atoms with Crippen molar-refractivity contribution in [2.24, 2.45) is 0 Å². The van der Waals surface area contributed by atoms with Crippen LogP contribution in [0.2, 0.25) is 0 Å². The molecule has 1 aliphatic rings. The van der Waals surface area contributed by atoms with E-state index < -0.39 is 0 Å². The van der Waals surface area contributed by atoms with E-state index in [0.29, 0.717) is 17.3 Å². The van der Waals surface area contributed by atoms with Gasteiger partial charge < -0.3 is 20.9 Å². The van der Waals surface area contributed by atoms with Gasteiger partial charge in [0.05, 0.1) is 12.1 Å². The van der Waals surface area contributed by atoms with Crippen molar-refractivity contribution in [3.8, 4) is 0 Å². The molecule has 1 fully saturated rings. The molecule has 1 saturated carbocycles. The highest BCUT2D eigenvalue weighted by molar-refractivity contribution is 6.02. The van der Waals surface area contributed by atoms with Crippen LogP contribution in [0.3, 0.4) is 0 Å². The molecule has 0 aromatic heterocycles. The Labute approximate surface area is 124 Å². The van der Waals surface area contributed by atoms with Crippen LogP contribution in [-0.2, 0) is 4.79 Å². The standard InChI is InChI=1S/C15H22N4O2/c1-18(2)13-7-4-10(16)8-12(13)15(21)19(3)9-14(20)17-11-5-6-11/h4,7-8,11H,5-6,9,16H2,1-3H3,(H,17,20). The van der Waals surface area contributed by atoms with Gasteiger partial charge in [0.15, 0.2) is 0 Å². The van der Waals surface area contributed by atoms with E-state index in [1.165, 1.54) is 4.90 Å². The van der Waals surface area contributed by atoms with E-state index in [2.05, 4.69) is 5.32 Å². The molecule has 0 aliphatic heterocycles. The van der Waals surface area contributed by atoms with Crippen LogP contribution in [0, 0.1) is 0 Å². The van der Waals surface area contributed by atoms with E-state index in [0.717, 1.165) is 18.5 Å². The van der Waals surface area contributed by atoms with Crippen LogP contribution in [0.1, 0.15) is 23.2 Å². The molecule has 1 aliphatic carbocycles. The minimum Gasteiger partial charge on any atom is -0.399 e. The van der Waals surface area contributed by atoms with E-state index in [-0.39, 0.29) is 18.4 Å². The molecular formula is C15H22N4O2. The van der Waals surface area contributed by atoms with Crippen LogP contribution in [0.5, 0.6) is 0 Å². The van der Waals surface area contributed by atoms with Crippen LogP contribution in [0.15, 0.2) is 18.2 Å². The van der Waals surface area contributed by atoms with Gasteiger partial charge in [-0.3, -0.25) is 9.59 Å². The summed E-state index contributed by atoms with van der Waals surface area (Å²) in [4.78, 5) is 27.6. The number of anilines is 2. The summed E-state index contributed by atoms with van der Waals surface area (Å²) in [5.74, 6) is -0.333. The number of nitrogen functional groups attached to an aromatic ring is 1. The van der Waals surface area contributed by atoms with Crippen LogP contribution in [0.4, 0.5) is 11.4 Å². The molecule has 0 saturated heterocycles. The van der Waals surface area contributed by atoms with Gasteiger partial charge >= 0.3 is 0 Å². The molecule has 0 atom stereocenters. The van der Waals surface area contributed by atoms with Crippen molar-refractivity contribution >= 4 is 23.2 Å². The molecule has 114 valence electrons. The SMILES string of the molecule is CN(CC(=O)NC1CC1)C(=O)c1cc(N)ccc1N(C)C. The number of nitrogens with two attached hydrogens (primary N) is 1. The van der Waals surface area contributed by atoms with Crippen LogP contribution < -0.4 is 16.0 Å². The van der Waals surface area contributed by atoms with Crippen molar-refractivity contribution in [2.75, 3.05) is 38.3 Å². The number of amides is 2. The van der Waals surface area contributed by atoms with Gasteiger partial charge in [-0.05, 0) is 31.0 Å². The first-order valence-electron chi connectivity index (χ1n) is 7.00. The van der Waals surface area contributed by atoms with Crippen molar-refractivity contribution in [1.82, 2.24) is 10.2 Å². The number of likely N-dealkylation sites (N-methyl/N-ethyl adjacent to an activating group) is 1. The Hall–Kier alpha value is -2.24. The molecule has 0 bridgehead atoms. The quantitative estimate of drug-likeness (QED) is 0.782. The van der Waals surface area contributed by atoms with E-state index in [9.17, 15) is 9.59 Å². The lowest BCUT2D eigenvalue weighted by Crippen LogP contribution is -2.39. The number of carbonyl (C=O) groups is 2. The fourth-order valence-electron chi connectivity index (χ4n) is 2.11. The number of benzene rings is 1. The van der Waals surface area contributed by atoms with Gasteiger partial charge in [0.1, 0.15) is 0 Å². The third-order valence-electron chi connectivity index (χ3n) is 3.40. The summed E-state index contributed by atoms with van der Waals surface area (Å²) in [6.07, 6.45) is 2.06. The van der Waals surface area contributed by atoms with E-state index in [4.69, 9.17) is 5.73 Å². The van der Waals surface area contributed by atoms with Gasteiger partial charge in [-0.1, -0.05) is 0 Å². The zero-order valence-electron chi connectivity index (χ0n) is 12.7. The highest BCUT2D eigenvalue weighted by Crippen LogP contribution is 2.23. The smallest absolute Gasteiger partial charge is 0.256 e. The highest BCUT2D eigenvalue weighted by atomic mass is 16.2. The van der Waals surface area contributed by atoms with Gasteiger partial charge in [-0.2, -0.15) is 0 Å². The molecule has 0 spiro atoms. The van der Waals surface area contributed by atoms with Crippen molar-refractivity contribution in [1.29, 1.82) is 0 Å². The van der Waals surface area contributed by atoms with Gasteiger partial charge in [0.25, 0.3) is 5.91 Å². The van der Waals surface area contributed by atoms with Gasteiger partial charge in [-0.25, -0.2) is 0 Å². The Balaban J connectivity index is 2.10. The second-order valence-electron chi connectivity index (χ2n) is 5.67. The zero-order chi connectivity index (χ0) is 15.6. The number of nitrogens with zero attached hydrogens (tertiary/aromatic N) is 2. The molecule has 2 amide bonds. The lowest BCUT2D eigenvalue weighted by Gasteiger charge is -2.22. The monoisotopic (exact) mass is 290 g/mol. The summed E-state index contributed by atoms with van der Waals surface area (Å²) in [6, 6.07) is 5.50. The number of hydrogen-bond acceptors (Lipinski definition) is 4. The first-order chi connectivity index (χ1) is 9.88. The Kier molecular flexibility index (Phi) is 4.35. The lowest BCUT2D eigenvalue weighted by molar-refractivity contribution is -0.121. The summed E-state index contributed by atoms with van der Waals surface area (Å²) in [7, 11) is 5.35. The average molecular weight is 290 g/mol. The van der Waals surface area contributed by atoms with Crippen molar-refractivity contribution in [3.05, 3.63) is 23.8 Å². The predicted molar refractivity (Wildman–Crippen MR) is 83.3 cm³/mol. The second-order valence-corrected chi connectivity index (χ2v) is 5.67. The van der Waals surface area contributed by atoms with Crippen molar-refractivity contribution < 1.29 is 9.59 Å². The molecule has 1 aromatic carbocycles. The molecule has 6 heteroatoms. The molecule has 1 aromatic rings. The summed E-state index contributed by atoms with van der Waals surface area (Å²) in [5, 5.41) is 2.87. The lowest BCUT2D eigenvalue weighted by atomic mass is 10.1. The third kappa shape index (κ3) is 3.87. The predicted octanol–water partition coefficient (Wildman–Crippen LogP) is 0.685. The molecule has 0 heterocycles. The number of carbonyl (C=O) groups excluding carboxylic acids is 2. The first kappa shape index (κ1) is 15.2. The van der Waals surface area contributed by atoms with Crippen molar-refractivity contribution in [2.45, 2.75) is 18.9 Å². The fraction of sp³-hybridized carbons (Fsp3) is 0.467. The Morgan fingerprint density at radius 2 is 1.95 bits per heavy atom. The number of nitrogens with one attached hydrogen (secondary N) is 1. The molecule has 3 N–H and O–H groups in total. The Bertz CT molecular complexity index is 553. The summed E-state index contributed by atoms with van der Waals surface area (Å²) in [5.41, 5.74) is 7.58. The first-order valence-corrected chi connectivity index (χ1v) is 7.00. The summed E-state index contributed by atoms with van der Waals surface area (Å²) in [6.45, 7) is 0.0526. The van der Waals surface area contributed by atoms with E-state index >= 15 is 0 Å². The average Bonchev–Trinajstić information content (AvgIpc) is 3.20. The maximum absolute atomic E-state index is 12.5. The van der Waals surface area contributed by atoms with E-state index in [1.54, 1.807) is 25.2 Å². The van der Waals surface area contributed by atoms with Crippen LogP contribution in [0.25, 0.3) is 0 Å². The topological polar surface area (TPSA) is 78.7 Å². The third-order valence-corrected chi connectivity index (χ3v) is 3.40. The summed E-state index contributed by atoms with van der Waals surface area (Å²) >= 11 is 0. The summed E-state index contributed by atoms with van der Waals surface area (Å²) < 4.78 is 0. The van der Waals surface area contributed by atoms with Gasteiger partial charge in [0.2, 0.25) is 5.91 Å². The molecular weight excluding hydrogens is 268 g/mol. The minimum atomic E-state index is -0.211. The van der Waals surface area contributed by atoms with Gasteiger partial charge in [-0.15, -0.1) is 0 Å². The molecule has 21 heavy (non-hydrogen) atoms. The number of hydrogen-bond donors (Lipinski definition) is 2. The van der Waals surface area contributed by atoms with Crippen molar-refractivity contribution in [3.63, 3.8) is 0 Å².